The van der Waals surface area contributed by atoms with Crippen molar-refractivity contribution in [3.05, 3.63) is 52.7 Å². The van der Waals surface area contributed by atoms with Crippen molar-refractivity contribution in [2.24, 2.45) is 7.05 Å². The fourth-order valence-electron chi connectivity index (χ4n) is 3.73. The van der Waals surface area contributed by atoms with Gasteiger partial charge in [-0.2, -0.15) is 0 Å². The molecule has 0 saturated heterocycles. The molecule has 2 aromatic heterocycles. The quantitative estimate of drug-likeness (QED) is 0.506. The molecule has 0 unspecified atom stereocenters. The van der Waals surface area contributed by atoms with Gasteiger partial charge in [0.2, 0.25) is 0 Å². The van der Waals surface area contributed by atoms with Crippen LogP contribution < -0.4 is 9.64 Å². The summed E-state index contributed by atoms with van der Waals surface area (Å²) in [6.45, 7) is 3.70. The number of halogens is 1. The molecule has 1 aliphatic heterocycles. The van der Waals surface area contributed by atoms with E-state index in [-0.39, 0.29) is 0 Å². The molecule has 5 heteroatoms. The van der Waals surface area contributed by atoms with E-state index in [1.165, 1.54) is 21.4 Å². The summed E-state index contributed by atoms with van der Waals surface area (Å²) in [5, 5.41) is 0. The Morgan fingerprint density at radius 3 is 2.59 bits per heavy atom. The molecule has 0 N–H and O–H groups in total. The maximum atomic E-state index is 5.78. The zero-order valence-electron chi connectivity index (χ0n) is 15.8. The topological polar surface area (TPSA) is 30.5 Å². The monoisotopic (exact) mass is 426 g/mol. The maximum absolute atomic E-state index is 5.78. The highest BCUT2D eigenvalue weighted by atomic mass is 79.9. The van der Waals surface area contributed by atoms with Gasteiger partial charge in [-0.05, 0) is 42.3 Å². The minimum absolute atomic E-state index is 0.734. The average Bonchev–Trinajstić information content (AvgIpc) is 3.26. The molecule has 0 atom stereocenters. The molecular weight excluding hydrogens is 404 g/mol. The first-order valence-electron chi connectivity index (χ1n) is 9.17. The van der Waals surface area contributed by atoms with E-state index in [0.717, 1.165) is 42.3 Å². The molecule has 4 nitrogen and oxygen atoms in total. The molecule has 27 heavy (non-hydrogen) atoms. The van der Waals surface area contributed by atoms with Gasteiger partial charge in [0.1, 0.15) is 11.6 Å². The van der Waals surface area contributed by atoms with Gasteiger partial charge in [0.25, 0.3) is 0 Å². The molecule has 0 radical (unpaired) electrons. The van der Waals surface area contributed by atoms with Crippen molar-refractivity contribution in [2.45, 2.75) is 13.3 Å². The lowest BCUT2D eigenvalue weighted by Crippen LogP contribution is -2.24. The Bertz CT molecular complexity index is 969. The van der Waals surface area contributed by atoms with Gasteiger partial charge >= 0.3 is 0 Å². The summed E-state index contributed by atoms with van der Waals surface area (Å²) in [7, 11) is 4.22. The number of hydrogen-bond acceptors (Lipinski definition) is 3. The van der Waals surface area contributed by atoms with Gasteiger partial charge in [-0.3, -0.25) is 0 Å². The Morgan fingerprint density at radius 2 is 1.93 bits per heavy atom. The summed E-state index contributed by atoms with van der Waals surface area (Å²) < 4.78 is 14.9. The Labute approximate surface area is 168 Å². The summed E-state index contributed by atoms with van der Waals surface area (Å²) in [5.41, 5.74) is 4.60. The standard InChI is InChI=1S/C22H23BrN2O2/c1-4-11-26-17-9-7-15(8-10-17)20-18-13-16(23)14-24(2)22(18)25(3)21(20)19-6-5-12-27-19/h5-10,12-13H,4,11,14H2,1-3H3. The van der Waals surface area contributed by atoms with Crippen molar-refractivity contribution >= 4 is 27.8 Å². The van der Waals surface area contributed by atoms with Crippen LogP contribution >= 0.6 is 15.9 Å². The van der Waals surface area contributed by atoms with E-state index >= 15 is 0 Å². The fourth-order valence-corrected chi connectivity index (χ4v) is 4.33. The van der Waals surface area contributed by atoms with Crippen LogP contribution in [0, 0.1) is 0 Å². The second kappa shape index (κ2) is 7.31. The SMILES string of the molecule is CCCOc1ccc(-c2c3c(n(C)c2-c2ccco2)N(C)CC(Br)=C3)cc1. The van der Waals surface area contributed by atoms with Crippen molar-refractivity contribution in [3.63, 3.8) is 0 Å². The van der Waals surface area contributed by atoms with E-state index in [2.05, 4.69) is 64.6 Å². The smallest absolute Gasteiger partial charge is 0.150 e. The number of fused-ring (bicyclic) bond motifs is 1. The molecular formula is C22H23BrN2O2. The molecule has 4 rings (SSSR count). The van der Waals surface area contributed by atoms with Crippen LogP contribution in [0.4, 0.5) is 5.82 Å². The second-order valence-corrected chi connectivity index (χ2v) is 7.84. The minimum atomic E-state index is 0.734. The lowest BCUT2D eigenvalue weighted by Gasteiger charge is -2.25. The van der Waals surface area contributed by atoms with E-state index in [4.69, 9.17) is 9.15 Å². The molecule has 1 aliphatic rings. The van der Waals surface area contributed by atoms with E-state index in [1.54, 1.807) is 6.26 Å². The van der Waals surface area contributed by atoms with Gasteiger partial charge in [-0.15, -0.1) is 0 Å². The summed E-state index contributed by atoms with van der Waals surface area (Å²) in [6.07, 6.45) is 4.95. The average molecular weight is 427 g/mol. The summed E-state index contributed by atoms with van der Waals surface area (Å²) in [6, 6.07) is 12.3. The van der Waals surface area contributed by atoms with Crippen LogP contribution in [0.1, 0.15) is 18.9 Å². The number of aromatic nitrogens is 1. The number of hydrogen-bond donors (Lipinski definition) is 0. The third-order valence-electron chi connectivity index (χ3n) is 4.82. The number of benzene rings is 1. The number of ether oxygens (including phenoxy) is 1. The molecule has 1 aromatic carbocycles. The lowest BCUT2D eigenvalue weighted by molar-refractivity contribution is 0.317. The fraction of sp³-hybridized carbons (Fsp3) is 0.273. The second-order valence-electron chi connectivity index (χ2n) is 6.82. The highest BCUT2D eigenvalue weighted by Gasteiger charge is 2.28. The molecule has 0 bridgehead atoms. The van der Waals surface area contributed by atoms with Crippen LogP contribution in [-0.2, 0) is 7.05 Å². The van der Waals surface area contributed by atoms with E-state index in [1.807, 2.05) is 24.3 Å². The van der Waals surface area contributed by atoms with Crippen LogP contribution in [0.3, 0.4) is 0 Å². The predicted molar refractivity (Wildman–Crippen MR) is 115 cm³/mol. The summed E-state index contributed by atoms with van der Waals surface area (Å²) in [4.78, 5) is 2.26. The van der Waals surface area contributed by atoms with Crippen molar-refractivity contribution in [1.82, 2.24) is 4.57 Å². The first-order valence-corrected chi connectivity index (χ1v) is 9.96. The Hall–Kier alpha value is -2.40. The van der Waals surface area contributed by atoms with E-state index in [0.29, 0.717) is 0 Å². The van der Waals surface area contributed by atoms with Crippen molar-refractivity contribution in [3.8, 4) is 28.3 Å². The number of furan rings is 1. The molecule has 0 saturated carbocycles. The largest absolute Gasteiger partial charge is 0.494 e. The van der Waals surface area contributed by atoms with Crippen LogP contribution in [0.5, 0.6) is 5.75 Å². The van der Waals surface area contributed by atoms with Crippen LogP contribution in [0.15, 0.2) is 51.6 Å². The number of likely N-dealkylation sites (N-methyl/N-ethyl adjacent to an activating group) is 1. The number of nitrogens with zero attached hydrogens (tertiary/aromatic N) is 2. The third-order valence-corrected chi connectivity index (χ3v) is 5.30. The molecule has 0 amide bonds. The van der Waals surface area contributed by atoms with Gasteiger partial charge in [0, 0.05) is 29.7 Å². The Morgan fingerprint density at radius 1 is 1.15 bits per heavy atom. The van der Waals surface area contributed by atoms with E-state index in [9.17, 15) is 0 Å². The van der Waals surface area contributed by atoms with E-state index < -0.39 is 0 Å². The Balaban J connectivity index is 1.90. The van der Waals surface area contributed by atoms with Gasteiger partial charge in [-0.1, -0.05) is 35.0 Å². The normalized spacial score (nSPS) is 13.5. The van der Waals surface area contributed by atoms with Crippen LogP contribution in [-0.4, -0.2) is 24.8 Å². The summed E-state index contributed by atoms with van der Waals surface area (Å²) >= 11 is 3.69. The number of rotatable bonds is 5. The third kappa shape index (κ3) is 3.21. The molecule has 0 fully saturated rings. The maximum Gasteiger partial charge on any atom is 0.150 e. The molecule has 3 heterocycles. The molecule has 140 valence electrons. The summed E-state index contributed by atoms with van der Waals surface area (Å²) in [5.74, 6) is 2.95. The van der Waals surface area contributed by atoms with Crippen LogP contribution in [0.25, 0.3) is 28.7 Å². The lowest BCUT2D eigenvalue weighted by atomic mass is 9.98. The number of anilines is 1. The molecule has 0 aliphatic carbocycles. The van der Waals surface area contributed by atoms with Gasteiger partial charge < -0.3 is 18.6 Å². The van der Waals surface area contributed by atoms with Crippen molar-refractivity contribution < 1.29 is 9.15 Å². The van der Waals surface area contributed by atoms with Gasteiger partial charge in [0.15, 0.2) is 5.76 Å². The first-order chi connectivity index (χ1) is 13.1. The van der Waals surface area contributed by atoms with Crippen molar-refractivity contribution in [2.75, 3.05) is 25.1 Å². The molecule has 3 aromatic rings. The molecule has 0 spiro atoms. The van der Waals surface area contributed by atoms with Gasteiger partial charge in [0.05, 0.1) is 25.1 Å². The van der Waals surface area contributed by atoms with Crippen molar-refractivity contribution in [1.29, 1.82) is 0 Å². The Kier molecular flexibility index (Phi) is 4.87. The first kappa shape index (κ1) is 18.0. The zero-order valence-corrected chi connectivity index (χ0v) is 17.4. The predicted octanol–water partition coefficient (Wildman–Crippen LogP) is 5.93. The minimum Gasteiger partial charge on any atom is -0.494 e. The highest BCUT2D eigenvalue weighted by molar-refractivity contribution is 9.11. The van der Waals surface area contributed by atoms with Gasteiger partial charge in [-0.25, -0.2) is 0 Å². The highest BCUT2D eigenvalue weighted by Crippen LogP contribution is 2.45. The van der Waals surface area contributed by atoms with Crippen LogP contribution in [0.2, 0.25) is 0 Å². The zero-order chi connectivity index (χ0) is 19.0.